The average molecular weight is 261 g/mol. The number of rotatable bonds is 2. The van der Waals surface area contributed by atoms with Crippen molar-refractivity contribution in [2.24, 2.45) is 0 Å². The van der Waals surface area contributed by atoms with E-state index in [2.05, 4.69) is 41.4 Å². The quantitative estimate of drug-likeness (QED) is 0.887. The van der Waals surface area contributed by atoms with Gasteiger partial charge in [0, 0.05) is 37.4 Å². The van der Waals surface area contributed by atoms with E-state index in [9.17, 15) is 4.79 Å². The summed E-state index contributed by atoms with van der Waals surface area (Å²) in [6.07, 6.45) is 0. The minimum absolute atomic E-state index is 0.0511. The predicted octanol–water partition coefficient (Wildman–Crippen LogP) is 2.32. The van der Waals surface area contributed by atoms with Gasteiger partial charge in [0.25, 0.3) is 0 Å². The Kier molecular flexibility index (Phi) is 4.30. The first-order valence-electron chi connectivity index (χ1n) is 6.95. The summed E-state index contributed by atoms with van der Waals surface area (Å²) in [6.45, 7) is 8.63. The molecular weight excluding hydrogens is 238 g/mol. The van der Waals surface area contributed by atoms with Crippen molar-refractivity contribution in [3.8, 4) is 0 Å². The summed E-state index contributed by atoms with van der Waals surface area (Å²) in [6, 6.07) is 10.8. The van der Waals surface area contributed by atoms with E-state index in [4.69, 9.17) is 0 Å². The molecule has 2 amide bonds. The Bertz CT molecular complexity index is 419. The van der Waals surface area contributed by atoms with Crippen molar-refractivity contribution in [1.29, 1.82) is 0 Å². The second-order valence-corrected chi connectivity index (χ2v) is 5.43. The fourth-order valence-corrected chi connectivity index (χ4v) is 2.46. The van der Waals surface area contributed by atoms with Gasteiger partial charge >= 0.3 is 6.03 Å². The van der Waals surface area contributed by atoms with Crippen molar-refractivity contribution >= 4 is 11.7 Å². The van der Waals surface area contributed by atoms with Crippen LogP contribution < -0.4 is 10.2 Å². The van der Waals surface area contributed by atoms with Crippen LogP contribution in [0.4, 0.5) is 10.5 Å². The van der Waals surface area contributed by atoms with Crippen molar-refractivity contribution < 1.29 is 4.79 Å². The second kappa shape index (κ2) is 5.95. The Balaban J connectivity index is 1.97. The standard InChI is InChI=1S/C15H23N3O/c1-12(2)16-15(19)18-10-9-17(11-13(18)3)14-7-5-4-6-8-14/h4-8,12-13H,9-11H2,1-3H3,(H,16,19). The smallest absolute Gasteiger partial charge is 0.317 e. The van der Waals surface area contributed by atoms with Crippen LogP contribution in [0.2, 0.25) is 0 Å². The molecule has 0 saturated carbocycles. The highest BCUT2D eigenvalue weighted by Gasteiger charge is 2.27. The number of urea groups is 1. The molecular formula is C15H23N3O. The number of carbonyl (C=O) groups is 1. The molecule has 0 aromatic heterocycles. The molecule has 2 rings (SSSR count). The van der Waals surface area contributed by atoms with Gasteiger partial charge in [-0.05, 0) is 32.9 Å². The van der Waals surface area contributed by atoms with Gasteiger partial charge in [0.2, 0.25) is 0 Å². The van der Waals surface area contributed by atoms with E-state index in [1.165, 1.54) is 5.69 Å². The molecule has 1 saturated heterocycles. The van der Waals surface area contributed by atoms with Gasteiger partial charge in [-0.1, -0.05) is 18.2 Å². The Hall–Kier alpha value is -1.71. The third kappa shape index (κ3) is 3.40. The van der Waals surface area contributed by atoms with Crippen LogP contribution in [0.25, 0.3) is 0 Å². The van der Waals surface area contributed by atoms with Gasteiger partial charge in [0.15, 0.2) is 0 Å². The van der Waals surface area contributed by atoms with E-state index in [1.807, 2.05) is 24.8 Å². The van der Waals surface area contributed by atoms with E-state index < -0.39 is 0 Å². The lowest BCUT2D eigenvalue weighted by atomic mass is 10.1. The normalized spacial score (nSPS) is 19.7. The summed E-state index contributed by atoms with van der Waals surface area (Å²) in [5, 5.41) is 2.97. The lowest BCUT2D eigenvalue weighted by Crippen LogP contribution is -2.57. The fraction of sp³-hybridized carbons (Fsp3) is 0.533. The minimum Gasteiger partial charge on any atom is -0.368 e. The number of hydrogen-bond acceptors (Lipinski definition) is 2. The highest BCUT2D eigenvalue weighted by atomic mass is 16.2. The lowest BCUT2D eigenvalue weighted by Gasteiger charge is -2.41. The van der Waals surface area contributed by atoms with Gasteiger partial charge in [0.05, 0.1) is 0 Å². The summed E-state index contributed by atoms with van der Waals surface area (Å²) in [7, 11) is 0. The number of piperazine rings is 1. The molecule has 0 aliphatic carbocycles. The topological polar surface area (TPSA) is 35.6 Å². The van der Waals surface area contributed by atoms with E-state index in [1.54, 1.807) is 0 Å². The number of anilines is 1. The lowest BCUT2D eigenvalue weighted by molar-refractivity contribution is 0.169. The number of nitrogens with zero attached hydrogens (tertiary/aromatic N) is 2. The van der Waals surface area contributed by atoms with Crippen LogP contribution in [-0.4, -0.2) is 42.6 Å². The Labute approximate surface area is 115 Å². The minimum atomic E-state index is 0.0511. The van der Waals surface area contributed by atoms with Gasteiger partial charge in [-0.3, -0.25) is 0 Å². The maximum absolute atomic E-state index is 12.1. The molecule has 4 heteroatoms. The van der Waals surface area contributed by atoms with E-state index in [0.717, 1.165) is 19.6 Å². The van der Waals surface area contributed by atoms with Crippen LogP contribution in [0.5, 0.6) is 0 Å². The molecule has 1 aromatic carbocycles. The Morgan fingerprint density at radius 1 is 1.26 bits per heavy atom. The highest BCUT2D eigenvalue weighted by molar-refractivity contribution is 5.75. The van der Waals surface area contributed by atoms with Crippen LogP contribution in [0, 0.1) is 0 Å². The van der Waals surface area contributed by atoms with Gasteiger partial charge in [-0.15, -0.1) is 0 Å². The molecule has 0 radical (unpaired) electrons. The van der Waals surface area contributed by atoms with Gasteiger partial charge in [-0.25, -0.2) is 4.79 Å². The molecule has 1 aliphatic heterocycles. The summed E-state index contributed by atoms with van der Waals surface area (Å²) >= 11 is 0. The maximum Gasteiger partial charge on any atom is 0.317 e. The third-order valence-corrected chi connectivity index (χ3v) is 3.42. The SMILES string of the molecule is CC(C)NC(=O)N1CCN(c2ccccc2)CC1C. The van der Waals surface area contributed by atoms with Crippen molar-refractivity contribution in [2.75, 3.05) is 24.5 Å². The second-order valence-electron chi connectivity index (χ2n) is 5.43. The molecule has 0 bridgehead atoms. The number of carbonyl (C=O) groups excluding carboxylic acids is 1. The van der Waals surface area contributed by atoms with Crippen molar-refractivity contribution in [1.82, 2.24) is 10.2 Å². The molecule has 1 N–H and O–H groups in total. The Morgan fingerprint density at radius 3 is 2.53 bits per heavy atom. The van der Waals surface area contributed by atoms with Crippen LogP contribution >= 0.6 is 0 Å². The number of nitrogens with one attached hydrogen (secondary N) is 1. The monoisotopic (exact) mass is 261 g/mol. The zero-order chi connectivity index (χ0) is 13.8. The van der Waals surface area contributed by atoms with E-state index in [-0.39, 0.29) is 18.1 Å². The number of hydrogen-bond donors (Lipinski definition) is 1. The molecule has 1 heterocycles. The van der Waals surface area contributed by atoms with E-state index in [0.29, 0.717) is 0 Å². The zero-order valence-corrected chi connectivity index (χ0v) is 12.0. The number of amides is 2. The predicted molar refractivity (Wildman–Crippen MR) is 78.5 cm³/mol. The summed E-state index contributed by atoms with van der Waals surface area (Å²) in [4.78, 5) is 16.3. The largest absolute Gasteiger partial charge is 0.368 e. The first kappa shape index (κ1) is 13.7. The molecule has 1 unspecified atom stereocenters. The van der Waals surface area contributed by atoms with Gasteiger partial charge in [-0.2, -0.15) is 0 Å². The average Bonchev–Trinajstić information content (AvgIpc) is 2.38. The van der Waals surface area contributed by atoms with Crippen LogP contribution in [0.3, 0.4) is 0 Å². The molecule has 4 nitrogen and oxygen atoms in total. The molecule has 1 fully saturated rings. The molecule has 1 atom stereocenters. The molecule has 19 heavy (non-hydrogen) atoms. The first-order chi connectivity index (χ1) is 9.08. The van der Waals surface area contributed by atoms with Crippen molar-refractivity contribution in [2.45, 2.75) is 32.9 Å². The van der Waals surface area contributed by atoms with Gasteiger partial charge < -0.3 is 15.1 Å². The molecule has 1 aliphatic rings. The van der Waals surface area contributed by atoms with Crippen LogP contribution in [0.1, 0.15) is 20.8 Å². The van der Waals surface area contributed by atoms with Crippen LogP contribution in [0.15, 0.2) is 30.3 Å². The summed E-state index contributed by atoms with van der Waals surface area (Å²) in [5.74, 6) is 0. The first-order valence-corrected chi connectivity index (χ1v) is 6.95. The number of para-hydroxylation sites is 1. The summed E-state index contributed by atoms with van der Waals surface area (Å²) < 4.78 is 0. The van der Waals surface area contributed by atoms with Crippen LogP contribution in [-0.2, 0) is 0 Å². The Morgan fingerprint density at radius 2 is 1.95 bits per heavy atom. The number of benzene rings is 1. The fourth-order valence-electron chi connectivity index (χ4n) is 2.46. The third-order valence-electron chi connectivity index (χ3n) is 3.42. The highest BCUT2D eigenvalue weighted by Crippen LogP contribution is 2.18. The van der Waals surface area contributed by atoms with Crippen molar-refractivity contribution in [3.63, 3.8) is 0 Å². The van der Waals surface area contributed by atoms with E-state index >= 15 is 0 Å². The van der Waals surface area contributed by atoms with Gasteiger partial charge in [0.1, 0.15) is 0 Å². The summed E-state index contributed by atoms with van der Waals surface area (Å²) in [5.41, 5.74) is 1.23. The molecule has 104 valence electrons. The molecule has 1 aromatic rings. The van der Waals surface area contributed by atoms with Crippen molar-refractivity contribution in [3.05, 3.63) is 30.3 Å². The zero-order valence-electron chi connectivity index (χ0n) is 12.0. The maximum atomic E-state index is 12.1. The molecule has 0 spiro atoms.